The van der Waals surface area contributed by atoms with Crippen molar-refractivity contribution in [3.05, 3.63) is 24.5 Å². The van der Waals surface area contributed by atoms with Gasteiger partial charge in [0, 0.05) is 0 Å². The minimum atomic E-state index is 0.733. The Balaban J connectivity index is 3.61. The van der Waals surface area contributed by atoms with Gasteiger partial charge in [-0.25, -0.2) is 0 Å². The molecule has 0 radical (unpaired) electrons. The van der Waals surface area contributed by atoms with E-state index >= 15 is 0 Å². The lowest BCUT2D eigenvalue weighted by molar-refractivity contribution is 0.266. The van der Waals surface area contributed by atoms with Crippen LogP contribution in [0.4, 0.5) is 0 Å². The van der Waals surface area contributed by atoms with Crippen LogP contribution in [0.2, 0.25) is 0 Å². The van der Waals surface area contributed by atoms with Crippen LogP contribution in [0.15, 0.2) is 24.5 Å². The van der Waals surface area contributed by atoms with E-state index in [4.69, 9.17) is 4.74 Å². The van der Waals surface area contributed by atoms with E-state index in [1.54, 1.807) is 6.26 Å². The fraction of sp³-hybridized carbons (Fsp3) is 0.500. The smallest absolute Gasteiger partial charge is 0.0860 e. The second-order valence-electron chi connectivity index (χ2n) is 1.71. The molecule has 0 amide bonds. The maximum atomic E-state index is 5.04. The maximum absolute atomic E-state index is 5.04. The molecular weight excluding hydrogens is 112 g/mol. The summed E-state index contributed by atoms with van der Waals surface area (Å²) in [4.78, 5) is 0. The molecule has 0 rings (SSSR count). The molecule has 0 fully saturated rings. The van der Waals surface area contributed by atoms with Crippen molar-refractivity contribution in [2.45, 2.75) is 20.3 Å². The van der Waals surface area contributed by atoms with E-state index in [1.165, 1.54) is 0 Å². The number of allylic oxidation sites excluding steroid dienone is 2. The van der Waals surface area contributed by atoms with Gasteiger partial charge in [0.05, 0.1) is 12.9 Å². The minimum Gasteiger partial charge on any atom is -0.501 e. The molecule has 9 heavy (non-hydrogen) atoms. The molecule has 1 heteroatoms. The summed E-state index contributed by atoms with van der Waals surface area (Å²) in [6.45, 7) is 8.41. The Hall–Kier alpha value is -0.720. The van der Waals surface area contributed by atoms with Crippen molar-refractivity contribution in [3.8, 4) is 0 Å². The lowest BCUT2D eigenvalue weighted by Crippen LogP contribution is -1.80. The highest BCUT2D eigenvalue weighted by Crippen LogP contribution is 2.00. The maximum Gasteiger partial charge on any atom is 0.0860 e. The summed E-state index contributed by atoms with van der Waals surface area (Å²) in [6, 6.07) is 0. The Morgan fingerprint density at radius 2 is 2.22 bits per heavy atom. The van der Waals surface area contributed by atoms with Gasteiger partial charge in [0.1, 0.15) is 0 Å². The number of ether oxygens (including phenoxy) is 1. The first-order chi connectivity index (χ1) is 4.35. The van der Waals surface area contributed by atoms with Crippen LogP contribution in [0.25, 0.3) is 0 Å². The molecule has 0 saturated heterocycles. The predicted octanol–water partition coefficient (Wildman–Crippen LogP) is 2.50. The van der Waals surface area contributed by atoms with Crippen molar-refractivity contribution in [3.63, 3.8) is 0 Å². The van der Waals surface area contributed by atoms with Crippen molar-refractivity contribution in [2.75, 3.05) is 6.61 Å². The van der Waals surface area contributed by atoms with Crippen LogP contribution in [0.1, 0.15) is 20.3 Å². The zero-order chi connectivity index (χ0) is 7.11. The van der Waals surface area contributed by atoms with E-state index in [0.29, 0.717) is 0 Å². The molecular formula is C8H14O. The van der Waals surface area contributed by atoms with Crippen LogP contribution in [0.5, 0.6) is 0 Å². The molecule has 0 aromatic rings. The fourth-order valence-electron chi connectivity index (χ4n) is 0.466. The first kappa shape index (κ1) is 8.28. The Labute approximate surface area is 57.0 Å². The molecule has 1 nitrogen and oxygen atoms in total. The highest BCUT2D eigenvalue weighted by molar-refractivity contribution is 5.12. The SMILES string of the molecule is C=CC(=COCC)CC. The average Bonchev–Trinajstić information content (AvgIpc) is 1.91. The van der Waals surface area contributed by atoms with Gasteiger partial charge in [0.15, 0.2) is 0 Å². The number of hydrogen-bond acceptors (Lipinski definition) is 1. The largest absolute Gasteiger partial charge is 0.501 e. The zero-order valence-electron chi connectivity index (χ0n) is 6.18. The molecule has 0 aromatic carbocycles. The molecule has 0 aromatic heterocycles. The second kappa shape index (κ2) is 5.42. The van der Waals surface area contributed by atoms with Gasteiger partial charge in [-0.05, 0) is 18.9 Å². The Kier molecular flexibility index (Phi) is 4.98. The normalized spacial score (nSPS) is 11.1. The lowest BCUT2D eigenvalue weighted by atomic mass is 10.2. The van der Waals surface area contributed by atoms with Crippen molar-refractivity contribution < 1.29 is 4.74 Å². The van der Waals surface area contributed by atoms with Crippen LogP contribution in [-0.2, 0) is 4.74 Å². The quantitative estimate of drug-likeness (QED) is 0.415. The van der Waals surface area contributed by atoms with E-state index in [-0.39, 0.29) is 0 Å². The van der Waals surface area contributed by atoms with E-state index < -0.39 is 0 Å². The predicted molar refractivity (Wildman–Crippen MR) is 40.2 cm³/mol. The third kappa shape index (κ3) is 3.83. The van der Waals surface area contributed by atoms with Crippen molar-refractivity contribution in [1.29, 1.82) is 0 Å². The molecule has 0 heterocycles. The van der Waals surface area contributed by atoms with E-state index in [9.17, 15) is 0 Å². The van der Waals surface area contributed by atoms with Gasteiger partial charge in [-0.1, -0.05) is 19.6 Å². The van der Waals surface area contributed by atoms with Gasteiger partial charge < -0.3 is 4.74 Å². The summed E-state index contributed by atoms with van der Waals surface area (Å²) in [5.74, 6) is 0. The summed E-state index contributed by atoms with van der Waals surface area (Å²) in [5, 5.41) is 0. The van der Waals surface area contributed by atoms with Crippen molar-refractivity contribution in [2.24, 2.45) is 0 Å². The van der Waals surface area contributed by atoms with Gasteiger partial charge in [-0.2, -0.15) is 0 Å². The first-order valence-electron chi connectivity index (χ1n) is 3.28. The van der Waals surface area contributed by atoms with Crippen molar-refractivity contribution >= 4 is 0 Å². The summed E-state index contributed by atoms with van der Waals surface area (Å²) >= 11 is 0. The van der Waals surface area contributed by atoms with E-state index in [2.05, 4.69) is 13.5 Å². The van der Waals surface area contributed by atoms with Crippen LogP contribution >= 0.6 is 0 Å². The molecule has 0 N–H and O–H groups in total. The van der Waals surface area contributed by atoms with Gasteiger partial charge in [-0.3, -0.25) is 0 Å². The van der Waals surface area contributed by atoms with Crippen LogP contribution < -0.4 is 0 Å². The Morgan fingerprint density at radius 3 is 2.56 bits per heavy atom. The highest BCUT2D eigenvalue weighted by atomic mass is 16.5. The van der Waals surface area contributed by atoms with Crippen LogP contribution in [-0.4, -0.2) is 6.61 Å². The second-order valence-corrected chi connectivity index (χ2v) is 1.71. The average molecular weight is 126 g/mol. The minimum absolute atomic E-state index is 0.733. The Bertz CT molecular complexity index is 103. The lowest BCUT2D eigenvalue weighted by Gasteiger charge is -1.96. The molecule has 0 atom stereocenters. The third-order valence-electron chi connectivity index (χ3n) is 1.07. The molecule has 52 valence electrons. The van der Waals surface area contributed by atoms with Gasteiger partial charge in [0.2, 0.25) is 0 Å². The Morgan fingerprint density at radius 1 is 1.56 bits per heavy atom. The summed E-state index contributed by atoms with van der Waals surface area (Å²) in [6.07, 6.45) is 4.56. The third-order valence-corrected chi connectivity index (χ3v) is 1.07. The molecule has 0 unspecified atom stereocenters. The highest BCUT2D eigenvalue weighted by Gasteiger charge is 1.83. The molecule has 0 spiro atoms. The van der Waals surface area contributed by atoms with Crippen LogP contribution in [0, 0.1) is 0 Å². The molecule has 0 aliphatic rings. The van der Waals surface area contributed by atoms with Gasteiger partial charge in [0.25, 0.3) is 0 Å². The van der Waals surface area contributed by atoms with E-state index in [0.717, 1.165) is 18.6 Å². The summed E-state index contributed by atoms with van der Waals surface area (Å²) in [5.41, 5.74) is 1.15. The van der Waals surface area contributed by atoms with Crippen LogP contribution in [0.3, 0.4) is 0 Å². The van der Waals surface area contributed by atoms with Gasteiger partial charge >= 0.3 is 0 Å². The first-order valence-corrected chi connectivity index (χ1v) is 3.28. The molecule has 0 aliphatic heterocycles. The molecule has 0 aliphatic carbocycles. The topological polar surface area (TPSA) is 9.23 Å². The molecule has 0 bridgehead atoms. The number of hydrogen-bond donors (Lipinski definition) is 0. The molecule has 0 saturated carbocycles. The van der Waals surface area contributed by atoms with E-state index in [1.807, 2.05) is 13.0 Å². The number of rotatable bonds is 4. The summed E-state index contributed by atoms with van der Waals surface area (Å²) < 4.78 is 5.04. The monoisotopic (exact) mass is 126 g/mol. The summed E-state index contributed by atoms with van der Waals surface area (Å²) in [7, 11) is 0. The fourth-order valence-corrected chi connectivity index (χ4v) is 0.466. The standard InChI is InChI=1S/C8H14O/c1-4-8(5-2)7-9-6-3/h4,7H,1,5-6H2,2-3H3. The van der Waals surface area contributed by atoms with Gasteiger partial charge in [-0.15, -0.1) is 0 Å². The zero-order valence-corrected chi connectivity index (χ0v) is 6.18. The van der Waals surface area contributed by atoms with Crippen molar-refractivity contribution in [1.82, 2.24) is 0 Å².